The monoisotopic (exact) mass is 409 g/mol. The first-order valence-corrected chi connectivity index (χ1v) is 11.1. The van der Waals surface area contributed by atoms with Gasteiger partial charge >= 0.3 is 0 Å². The highest BCUT2D eigenvalue weighted by Gasteiger charge is 2.48. The van der Waals surface area contributed by atoms with Gasteiger partial charge in [0.2, 0.25) is 17.7 Å². The van der Waals surface area contributed by atoms with Crippen LogP contribution in [0, 0.1) is 11.8 Å². The molecule has 3 aliphatic rings. The smallest absolute Gasteiger partial charge is 0.242 e. The first-order chi connectivity index (χ1) is 14.1. The van der Waals surface area contributed by atoms with Gasteiger partial charge in [0.1, 0.15) is 6.54 Å². The van der Waals surface area contributed by atoms with Gasteiger partial charge < -0.3 is 4.90 Å². The molecule has 2 fully saturated rings. The van der Waals surface area contributed by atoms with Crippen LogP contribution in [0.5, 0.6) is 0 Å². The van der Waals surface area contributed by atoms with Crippen LogP contribution in [-0.4, -0.2) is 52.1 Å². The lowest BCUT2D eigenvalue weighted by Gasteiger charge is -2.32. The van der Waals surface area contributed by atoms with Crippen LogP contribution in [0.3, 0.4) is 0 Å². The summed E-state index contributed by atoms with van der Waals surface area (Å²) < 4.78 is 1.16. The lowest BCUT2D eigenvalue weighted by atomic mass is 9.85. The fraction of sp³-hybridized carbons (Fsp3) is 0.455. The molecule has 0 saturated carbocycles. The van der Waals surface area contributed by atoms with Gasteiger partial charge in [-0.05, 0) is 37.8 Å². The number of hydrogen-bond acceptors (Lipinski definition) is 5. The summed E-state index contributed by atoms with van der Waals surface area (Å²) in [4.78, 5) is 46.0. The number of likely N-dealkylation sites (tertiary alicyclic amines) is 2. The molecule has 7 heteroatoms. The van der Waals surface area contributed by atoms with E-state index in [0.29, 0.717) is 25.9 Å². The largest absolute Gasteiger partial charge is 0.340 e. The lowest BCUT2D eigenvalue weighted by molar-refractivity contribution is -0.147. The van der Waals surface area contributed by atoms with Crippen LogP contribution in [0.25, 0.3) is 10.2 Å². The summed E-state index contributed by atoms with van der Waals surface area (Å²) in [5, 5.41) is 1.06. The van der Waals surface area contributed by atoms with Crippen molar-refractivity contribution in [1.29, 1.82) is 0 Å². The van der Waals surface area contributed by atoms with Crippen LogP contribution in [0.1, 0.15) is 36.6 Å². The summed E-state index contributed by atoms with van der Waals surface area (Å²) in [7, 11) is 0. The van der Waals surface area contributed by atoms with E-state index in [4.69, 9.17) is 4.98 Å². The molecule has 2 aromatic rings. The van der Waals surface area contributed by atoms with E-state index in [1.807, 2.05) is 30.4 Å². The highest BCUT2D eigenvalue weighted by molar-refractivity contribution is 7.18. The maximum Gasteiger partial charge on any atom is 0.242 e. The summed E-state index contributed by atoms with van der Waals surface area (Å²) in [6, 6.07) is 8.08. The standard InChI is InChI=1S/C22H23N3O3S/c26-19(13-25-21(27)15-7-1-2-8-16(15)22(25)28)24-11-5-6-14(12-24)20-23-17-9-3-4-10-18(17)29-20/h1-4,9-10,14-16H,5-8,11-13H2/t14-,15+,16+/m1/s1. The van der Waals surface area contributed by atoms with Gasteiger partial charge in [0.05, 0.1) is 27.1 Å². The van der Waals surface area contributed by atoms with E-state index in [1.54, 1.807) is 16.2 Å². The number of hydrogen-bond donors (Lipinski definition) is 0. The van der Waals surface area contributed by atoms with E-state index < -0.39 is 0 Å². The number of benzene rings is 1. The minimum atomic E-state index is -0.280. The Bertz CT molecular complexity index is 955. The third kappa shape index (κ3) is 3.27. The number of aromatic nitrogens is 1. The van der Waals surface area contributed by atoms with Crippen molar-refractivity contribution in [2.45, 2.75) is 31.6 Å². The van der Waals surface area contributed by atoms with Gasteiger partial charge in [0.15, 0.2) is 0 Å². The number of carbonyl (C=O) groups is 3. The predicted molar refractivity (Wildman–Crippen MR) is 110 cm³/mol. The summed E-state index contributed by atoms with van der Waals surface area (Å²) in [6.07, 6.45) is 7.03. The van der Waals surface area contributed by atoms with Crippen molar-refractivity contribution in [3.8, 4) is 0 Å². The zero-order valence-corrected chi connectivity index (χ0v) is 16.9. The lowest BCUT2D eigenvalue weighted by Crippen LogP contribution is -2.46. The first-order valence-electron chi connectivity index (χ1n) is 10.3. The topological polar surface area (TPSA) is 70.6 Å². The van der Waals surface area contributed by atoms with E-state index in [-0.39, 0.29) is 42.0 Å². The fourth-order valence-corrected chi connectivity index (χ4v) is 5.82. The quantitative estimate of drug-likeness (QED) is 0.577. The highest BCUT2D eigenvalue weighted by Crippen LogP contribution is 2.36. The molecule has 3 amide bonds. The van der Waals surface area contributed by atoms with Gasteiger partial charge in [-0.2, -0.15) is 0 Å². The Hall–Kier alpha value is -2.54. The second-order valence-corrected chi connectivity index (χ2v) is 9.18. The molecule has 3 heterocycles. The van der Waals surface area contributed by atoms with Crippen LogP contribution < -0.4 is 0 Å². The maximum atomic E-state index is 12.9. The molecule has 29 heavy (non-hydrogen) atoms. The molecule has 6 nitrogen and oxygen atoms in total. The Morgan fingerprint density at radius 1 is 1.10 bits per heavy atom. The Kier molecular flexibility index (Phi) is 4.70. The van der Waals surface area contributed by atoms with Crippen LogP contribution in [-0.2, 0) is 14.4 Å². The van der Waals surface area contributed by atoms with E-state index in [9.17, 15) is 14.4 Å². The van der Waals surface area contributed by atoms with Crippen LogP contribution >= 0.6 is 11.3 Å². The van der Waals surface area contributed by atoms with Gasteiger partial charge in [-0.3, -0.25) is 19.3 Å². The Morgan fingerprint density at radius 3 is 2.55 bits per heavy atom. The summed E-state index contributed by atoms with van der Waals surface area (Å²) >= 11 is 1.69. The summed E-state index contributed by atoms with van der Waals surface area (Å²) in [6.45, 7) is 1.14. The molecule has 0 radical (unpaired) electrons. The van der Waals surface area contributed by atoms with E-state index in [1.165, 1.54) is 4.90 Å². The summed E-state index contributed by atoms with van der Waals surface area (Å²) in [5.41, 5.74) is 1.00. The zero-order chi connectivity index (χ0) is 20.0. The molecule has 0 spiro atoms. The predicted octanol–water partition coefficient (Wildman–Crippen LogP) is 2.95. The average Bonchev–Trinajstić information content (AvgIpc) is 3.29. The normalized spacial score (nSPS) is 27.0. The van der Waals surface area contributed by atoms with Gasteiger partial charge in [-0.25, -0.2) is 4.98 Å². The van der Waals surface area contributed by atoms with Crippen molar-refractivity contribution >= 4 is 39.3 Å². The molecule has 150 valence electrons. The number of amides is 3. The Balaban J connectivity index is 1.28. The van der Waals surface area contributed by atoms with Crippen LogP contribution in [0.15, 0.2) is 36.4 Å². The second kappa shape index (κ2) is 7.37. The molecular formula is C22H23N3O3S. The third-order valence-electron chi connectivity index (χ3n) is 6.33. The molecular weight excluding hydrogens is 386 g/mol. The van der Waals surface area contributed by atoms with Gasteiger partial charge in [-0.15, -0.1) is 11.3 Å². The molecule has 1 aliphatic carbocycles. The van der Waals surface area contributed by atoms with Crippen molar-refractivity contribution in [2.24, 2.45) is 11.8 Å². The van der Waals surface area contributed by atoms with Gasteiger partial charge in [0.25, 0.3) is 0 Å². The van der Waals surface area contributed by atoms with Gasteiger partial charge in [-0.1, -0.05) is 24.3 Å². The van der Waals surface area contributed by atoms with Gasteiger partial charge in [0, 0.05) is 19.0 Å². The minimum Gasteiger partial charge on any atom is -0.340 e. The van der Waals surface area contributed by atoms with Crippen LogP contribution in [0.2, 0.25) is 0 Å². The molecule has 1 aromatic heterocycles. The van der Waals surface area contributed by atoms with Crippen molar-refractivity contribution in [3.05, 3.63) is 41.4 Å². The highest BCUT2D eigenvalue weighted by atomic mass is 32.1. The first kappa shape index (κ1) is 18.5. The van der Waals surface area contributed by atoms with E-state index >= 15 is 0 Å². The Labute approximate surface area is 173 Å². The number of piperidine rings is 1. The minimum absolute atomic E-state index is 0.128. The molecule has 3 atom stereocenters. The number of rotatable bonds is 3. The Morgan fingerprint density at radius 2 is 1.83 bits per heavy atom. The average molecular weight is 410 g/mol. The third-order valence-corrected chi connectivity index (χ3v) is 7.52. The number of allylic oxidation sites excluding steroid dienone is 2. The van der Waals surface area contributed by atoms with E-state index in [0.717, 1.165) is 28.1 Å². The van der Waals surface area contributed by atoms with Crippen molar-refractivity contribution in [2.75, 3.05) is 19.6 Å². The van der Waals surface area contributed by atoms with Crippen molar-refractivity contribution < 1.29 is 14.4 Å². The number of thiazole rings is 1. The van der Waals surface area contributed by atoms with Crippen LogP contribution in [0.4, 0.5) is 0 Å². The van der Waals surface area contributed by atoms with Crippen molar-refractivity contribution in [3.63, 3.8) is 0 Å². The number of nitrogens with zero attached hydrogens (tertiary/aromatic N) is 3. The number of para-hydroxylation sites is 1. The SMILES string of the molecule is O=C(CN1C(=O)[C@H]2CC=CC[C@@H]2C1=O)N1CCC[C@@H](c2nc3ccccc3s2)C1. The molecule has 0 N–H and O–H groups in total. The van der Waals surface area contributed by atoms with E-state index in [2.05, 4.69) is 6.07 Å². The maximum absolute atomic E-state index is 12.9. The van der Waals surface area contributed by atoms with Crippen molar-refractivity contribution in [1.82, 2.24) is 14.8 Å². The fourth-order valence-electron chi connectivity index (χ4n) is 4.73. The number of carbonyl (C=O) groups excluding carboxylic acids is 3. The second-order valence-electron chi connectivity index (χ2n) is 8.12. The number of fused-ring (bicyclic) bond motifs is 2. The summed E-state index contributed by atoms with van der Waals surface area (Å²) in [5.74, 6) is -0.852. The zero-order valence-electron chi connectivity index (χ0n) is 16.1. The molecule has 2 aliphatic heterocycles. The molecule has 1 aromatic carbocycles. The number of imide groups is 1. The molecule has 2 saturated heterocycles. The molecule has 0 bridgehead atoms. The molecule has 0 unspecified atom stereocenters. The molecule has 5 rings (SSSR count).